The maximum Gasteiger partial charge on any atom is 0.166 e. The number of benzene rings is 7. The van der Waals surface area contributed by atoms with Crippen LogP contribution >= 0.6 is 11.3 Å². The summed E-state index contributed by atoms with van der Waals surface area (Å²) >= 11 is 1.78. The van der Waals surface area contributed by atoms with Crippen LogP contribution in [0.4, 0.5) is 0 Å². The van der Waals surface area contributed by atoms with Gasteiger partial charge in [-0.3, -0.25) is 0 Å². The summed E-state index contributed by atoms with van der Waals surface area (Å²) in [5, 5.41) is 2.82. The summed E-state index contributed by atoms with van der Waals surface area (Å²) in [6.07, 6.45) is 0. The van der Waals surface area contributed by atoms with Crippen LogP contribution in [0.2, 0.25) is 0 Å². The van der Waals surface area contributed by atoms with E-state index in [1.807, 2.05) is 66.7 Å². The van der Waals surface area contributed by atoms with Gasteiger partial charge in [0.05, 0.1) is 24.9 Å². The molecule has 0 atom stereocenters. The molecule has 50 heavy (non-hydrogen) atoms. The molecule has 0 bridgehead atoms. The Morgan fingerprint density at radius 1 is 0.460 bits per heavy atom. The van der Waals surface area contributed by atoms with Crippen LogP contribution in [0.1, 0.15) is 8.22 Å². The van der Waals surface area contributed by atoms with Crippen molar-refractivity contribution in [2.45, 2.75) is 0 Å². The van der Waals surface area contributed by atoms with E-state index in [2.05, 4.69) is 54.6 Å². The van der Waals surface area contributed by atoms with Gasteiger partial charge in [0.25, 0.3) is 0 Å². The Morgan fingerprint density at radius 3 is 1.88 bits per heavy atom. The summed E-state index contributed by atoms with van der Waals surface area (Å²) in [4.78, 5) is 15.1. The third-order valence-corrected chi connectivity index (χ3v) is 10.2. The zero-order valence-corrected chi connectivity index (χ0v) is 27.2. The second-order valence-corrected chi connectivity index (χ2v) is 13.0. The molecule has 7 aromatic carbocycles. The predicted molar refractivity (Wildman–Crippen MR) is 209 cm³/mol. The van der Waals surface area contributed by atoms with E-state index in [1.165, 1.54) is 32.3 Å². The van der Waals surface area contributed by atoms with E-state index in [0.717, 1.165) is 22.3 Å². The van der Waals surface area contributed by atoms with Gasteiger partial charge in [-0.25, -0.2) is 15.0 Å². The van der Waals surface area contributed by atoms with Gasteiger partial charge in [0.2, 0.25) is 0 Å². The Balaban J connectivity index is 1.22. The highest BCUT2D eigenvalue weighted by molar-refractivity contribution is 7.26. The number of para-hydroxylation sites is 3. The van der Waals surface area contributed by atoms with Gasteiger partial charge in [-0.15, -0.1) is 11.3 Å². The van der Waals surface area contributed by atoms with Crippen molar-refractivity contribution in [2.24, 2.45) is 0 Å². The van der Waals surface area contributed by atoms with Crippen LogP contribution in [-0.4, -0.2) is 19.5 Å². The Bertz CT molecular complexity index is 3160. The van der Waals surface area contributed by atoms with E-state index >= 15 is 0 Å². The van der Waals surface area contributed by atoms with Crippen LogP contribution in [0, 0.1) is 0 Å². The lowest BCUT2D eigenvalue weighted by Crippen LogP contribution is -2.03. The smallest absolute Gasteiger partial charge is 0.166 e. The van der Waals surface area contributed by atoms with Crippen LogP contribution in [0.25, 0.3) is 93.0 Å². The Morgan fingerprint density at radius 2 is 1.06 bits per heavy atom. The maximum atomic E-state index is 9.03. The number of nitrogens with zero attached hydrogens (tertiary/aromatic N) is 4. The second-order valence-electron chi connectivity index (χ2n) is 11.9. The van der Waals surface area contributed by atoms with Crippen molar-refractivity contribution in [1.29, 1.82) is 0 Å². The number of hydrogen-bond donors (Lipinski definition) is 0. The number of aromatic nitrogens is 4. The average Bonchev–Trinajstić information content (AvgIpc) is 3.80. The van der Waals surface area contributed by atoms with Gasteiger partial charge in [0.1, 0.15) is 0 Å². The quantitative estimate of drug-likeness (QED) is 0.184. The Labute approximate surface area is 301 Å². The molecule has 0 saturated carbocycles. The summed E-state index contributed by atoms with van der Waals surface area (Å²) in [5.74, 6) is 1.26. The molecule has 4 nitrogen and oxygen atoms in total. The molecule has 0 N–H and O–H groups in total. The molecule has 3 heterocycles. The minimum Gasteiger partial charge on any atom is -0.309 e. The summed E-state index contributed by atoms with van der Waals surface area (Å²) < 4.78 is 56.8. The van der Waals surface area contributed by atoms with E-state index < -0.39 is 0 Å². The zero-order chi connectivity index (χ0) is 38.2. The largest absolute Gasteiger partial charge is 0.309 e. The minimum atomic E-state index is -0.171. The topological polar surface area (TPSA) is 43.6 Å². The summed E-state index contributed by atoms with van der Waals surface area (Å²) in [6.45, 7) is 0. The fourth-order valence-corrected chi connectivity index (χ4v) is 7.99. The first-order valence-electron chi connectivity index (χ1n) is 19.2. The summed E-state index contributed by atoms with van der Waals surface area (Å²) in [5.41, 5.74) is 5.35. The molecule has 3 aromatic heterocycles. The van der Waals surface area contributed by atoms with Crippen molar-refractivity contribution < 1.29 is 8.22 Å². The van der Waals surface area contributed by atoms with Crippen molar-refractivity contribution in [3.8, 4) is 51.0 Å². The first-order chi connectivity index (χ1) is 27.3. The molecule has 0 spiro atoms. The molecule has 0 fully saturated rings. The minimum absolute atomic E-state index is 0.0379. The molecule has 0 unspecified atom stereocenters. The van der Waals surface area contributed by atoms with Crippen molar-refractivity contribution in [3.63, 3.8) is 0 Å². The molecular formula is C45H28N4S. The Hall–Kier alpha value is -6.43. The molecule has 10 aromatic rings. The normalized spacial score (nSPS) is 13.3. The fourth-order valence-electron chi connectivity index (χ4n) is 6.76. The average molecular weight is 663 g/mol. The highest BCUT2D eigenvalue weighted by Gasteiger charge is 2.19. The van der Waals surface area contributed by atoms with Crippen LogP contribution < -0.4 is 0 Å². The highest BCUT2D eigenvalue weighted by Crippen LogP contribution is 2.41. The van der Waals surface area contributed by atoms with Gasteiger partial charge in [-0.05, 0) is 47.5 Å². The first kappa shape index (κ1) is 23.0. The zero-order valence-electron chi connectivity index (χ0n) is 32.4. The number of hydrogen-bond acceptors (Lipinski definition) is 4. The summed E-state index contributed by atoms with van der Waals surface area (Å²) in [7, 11) is 0. The SMILES string of the molecule is [2H]c1cc([2H])c2c(c1[2H])c1c([2H])c([2H])cc([2H])c1n2-c1ccccc1-c1nc(-c2ccccc2)nc(-c2cccc(-c3cccc4c3sc3ccccc34)c2)n1. The number of rotatable bonds is 5. The molecule has 0 aliphatic heterocycles. The lowest BCUT2D eigenvalue weighted by molar-refractivity contribution is 1.06. The second kappa shape index (κ2) is 11.6. The van der Waals surface area contributed by atoms with E-state index in [-0.39, 0.29) is 58.1 Å². The van der Waals surface area contributed by atoms with Gasteiger partial charge in [-0.1, -0.05) is 133 Å². The molecule has 10 rings (SSSR count). The standard InChI is InChI=1S/C45H28N4S/c1-2-14-29(15-3-1)43-46-44(31-17-12-16-30(28-31)32-22-13-23-36-35-20-7-11-27-41(35)50-42(32)36)48-45(47-43)37-21-6-10-26-40(37)49-38-24-8-4-18-33(38)34-19-5-9-25-39(34)49/h1-28H/i4D,5D,18D,19D,24D,25D. The van der Waals surface area contributed by atoms with E-state index in [4.69, 9.17) is 23.2 Å². The lowest BCUT2D eigenvalue weighted by Gasteiger charge is -2.14. The molecule has 0 radical (unpaired) electrons. The van der Waals surface area contributed by atoms with E-state index in [1.54, 1.807) is 15.9 Å². The third-order valence-electron chi connectivity index (χ3n) is 9.02. The number of fused-ring (bicyclic) bond motifs is 6. The van der Waals surface area contributed by atoms with Crippen LogP contribution in [-0.2, 0) is 0 Å². The fraction of sp³-hybridized carbons (Fsp3) is 0. The third kappa shape index (κ3) is 4.63. The van der Waals surface area contributed by atoms with Gasteiger partial charge >= 0.3 is 0 Å². The van der Waals surface area contributed by atoms with Gasteiger partial charge in [0.15, 0.2) is 17.5 Å². The predicted octanol–water partition coefficient (Wildman–Crippen LogP) is 12.0. The summed E-state index contributed by atoms with van der Waals surface area (Å²) in [6, 6.07) is 42.0. The molecule has 0 amide bonds. The van der Waals surface area contributed by atoms with Crippen LogP contribution in [0.15, 0.2) is 170 Å². The lowest BCUT2D eigenvalue weighted by atomic mass is 10.0. The number of thiophene rings is 1. The highest BCUT2D eigenvalue weighted by atomic mass is 32.1. The van der Waals surface area contributed by atoms with Gasteiger partial charge in [-0.2, -0.15) is 0 Å². The monoisotopic (exact) mass is 662 g/mol. The van der Waals surface area contributed by atoms with Crippen molar-refractivity contribution in [2.75, 3.05) is 0 Å². The first-order valence-corrected chi connectivity index (χ1v) is 17.0. The van der Waals surface area contributed by atoms with E-state index in [9.17, 15) is 0 Å². The van der Waals surface area contributed by atoms with Crippen molar-refractivity contribution in [3.05, 3.63) is 170 Å². The van der Waals surface area contributed by atoms with Crippen LogP contribution in [0.3, 0.4) is 0 Å². The van der Waals surface area contributed by atoms with Gasteiger partial charge < -0.3 is 4.57 Å². The molecule has 0 saturated heterocycles. The van der Waals surface area contributed by atoms with Crippen LogP contribution in [0.5, 0.6) is 0 Å². The Kier molecular flexibility index (Phi) is 5.35. The van der Waals surface area contributed by atoms with Crippen molar-refractivity contribution >= 4 is 53.3 Å². The molecular weight excluding hydrogens is 629 g/mol. The maximum absolute atomic E-state index is 9.03. The molecule has 234 valence electrons. The molecule has 0 aliphatic carbocycles. The van der Waals surface area contributed by atoms with Gasteiger partial charge in [0, 0.05) is 47.6 Å². The van der Waals surface area contributed by atoms with E-state index in [0.29, 0.717) is 28.7 Å². The van der Waals surface area contributed by atoms with Crippen molar-refractivity contribution in [1.82, 2.24) is 19.5 Å². The molecule has 0 aliphatic rings. The molecule has 5 heteroatoms.